The van der Waals surface area contributed by atoms with E-state index in [1.165, 1.54) is 4.90 Å². The number of halogens is 1. The summed E-state index contributed by atoms with van der Waals surface area (Å²) < 4.78 is 1.09. The van der Waals surface area contributed by atoms with E-state index in [4.69, 9.17) is 0 Å². The standard InChI is InChI=1S/C9H10BrNO/c10-7-3-4-8-9(12)2-1-5-11(8)6-7/h3-4,6,8H,1-2,5H2/p+1/t8-/m0/s1. The molecule has 3 heteroatoms. The molecule has 0 aromatic carbocycles. The number of quaternary nitrogens is 1. The van der Waals surface area contributed by atoms with Crippen molar-refractivity contribution >= 4 is 21.7 Å². The maximum Gasteiger partial charge on any atom is 0.194 e. The van der Waals surface area contributed by atoms with Crippen LogP contribution < -0.4 is 4.90 Å². The van der Waals surface area contributed by atoms with E-state index < -0.39 is 0 Å². The summed E-state index contributed by atoms with van der Waals surface area (Å²) in [5.74, 6) is 0.378. The third-order valence-corrected chi connectivity index (χ3v) is 2.90. The van der Waals surface area contributed by atoms with Crippen LogP contribution in [0.2, 0.25) is 0 Å². The molecule has 0 amide bonds. The Balaban J connectivity index is 2.22. The average molecular weight is 229 g/mol. The second kappa shape index (κ2) is 3.15. The normalized spacial score (nSPS) is 34.4. The van der Waals surface area contributed by atoms with Crippen molar-refractivity contribution < 1.29 is 9.69 Å². The van der Waals surface area contributed by atoms with Crippen molar-refractivity contribution in [2.75, 3.05) is 6.54 Å². The highest BCUT2D eigenvalue weighted by molar-refractivity contribution is 9.11. The van der Waals surface area contributed by atoms with Crippen LogP contribution in [0.4, 0.5) is 0 Å². The highest BCUT2D eigenvalue weighted by Gasteiger charge is 2.31. The van der Waals surface area contributed by atoms with Gasteiger partial charge in [0.05, 0.1) is 11.0 Å². The lowest BCUT2D eigenvalue weighted by molar-refractivity contribution is -0.861. The zero-order valence-electron chi connectivity index (χ0n) is 6.72. The quantitative estimate of drug-likeness (QED) is 0.638. The molecule has 2 aliphatic heterocycles. The SMILES string of the molecule is O=C1CCC[NH+]2C=C(Br)C=C[C@@H]12. The van der Waals surface area contributed by atoms with E-state index in [1.54, 1.807) is 0 Å². The molecule has 0 aromatic heterocycles. The molecule has 0 spiro atoms. The summed E-state index contributed by atoms with van der Waals surface area (Å²) in [7, 11) is 0. The van der Waals surface area contributed by atoms with Crippen molar-refractivity contribution in [2.24, 2.45) is 0 Å². The highest BCUT2D eigenvalue weighted by Crippen LogP contribution is 2.11. The zero-order valence-corrected chi connectivity index (χ0v) is 8.30. The highest BCUT2D eigenvalue weighted by atomic mass is 79.9. The number of carbonyl (C=O) groups excluding carboxylic acids is 1. The molecule has 2 rings (SSSR count). The molecular formula is C9H11BrNO+. The van der Waals surface area contributed by atoms with Gasteiger partial charge in [-0.1, -0.05) is 0 Å². The number of nitrogens with one attached hydrogen (secondary N) is 1. The smallest absolute Gasteiger partial charge is 0.194 e. The van der Waals surface area contributed by atoms with Gasteiger partial charge in [-0.2, -0.15) is 0 Å². The molecule has 0 aliphatic carbocycles. The van der Waals surface area contributed by atoms with Gasteiger partial charge in [-0.3, -0.25) is 9.69 Å². The fourth-order valence-electron chi connectivity index (χ4n) is 1.79. The Morgan fingerprint density at radius 3 is 3.25 bits per heavy atom. The Kier molecular flexibility index (Phi) is 2.15. The van der Waals surface area contributed by atoms with Crippen LogP contribution in [0, 0.1) is 0 Å². The van der Waals surface area contributed by atoms with E-state index in [2.05, 4.69) is 22.1 Å². The molecular weight excluding hydrogens is 218 g/mol. The van der Waals surface area contributed by atoms with Crippen LogP contribution in [0.5, 0.6) is 0 Å². The lowest BCUT2D eigenvalue weighted by atomic mass is 9.99. The number of Topliss-reactive ketones (excluding diaryl/α,β-unsaturated/α-hetero) is 1. The second-order valence-corrected chi connectivity index (χ2v) is 4.18. The third kappa shape index (κ3) is 1.39. The monoisotopic (exact) mass is 228 g/mol. The first kappa shape index (κ1) is 8.20. The molecule has 1 saturated heterocycles. The van der Waals surface area contributed by atoms with Crippen LogP contribution in [0.3, 0.4) is 0 Å². The van der Waals surface area contributed by atoms with Crippen molar-refractivity contribution in [3.8, 4) is 0 Å². The number of fused-ring (bicyclic) bond motifs is 1. The number of carbonyl (C=O) groups is 1. The molecule has 12 heavy (non-hydrogen) atoms. The molecule has 2 aliphatic rings. The number of rotatable bonds is 0. The molecule has 1 N–H and O–H groups in total. The van der Waals surface area contributed by atoms with Gasteiger partial charge in [0.2, 0.25) is 0 Å². The summed E-state index contributed by atoms with van der Waals surface area (Å²) in [6.07, 6.45) is 7.83. The maximum atomic E-state index is 11.4. The van der Waals surface area contributed by atoms with Gasteiger partial charge in [0.1, 0.15) is 6.20 Å². The van der Waals surface area contributed by atoms with Crippen LogP contribution in [-0.2, 0) is 4.79 Å². The summed E-state index contributed by atoms with van der Waals surface area (Å²) in [4.78, 5) is 12.7. The van der Waals surface area contributed by atoms with E-state index in [9.17, 15) is 4.79 Å². The van der Waals surface area contributed by atoms with Crippen LogP contribution in [-0.4, -0.2) is 18.4 Å². The van der Waals surface area contributed by atoms with Gasteiger partial charge in [-0.15, -0.1) is 0 Å². The summed E-state index contributed by atoms with van der Waals surface area (Å²) in [5.41, 5.74) is 0. The minimum Gasteiger partial charge on any atom is -0.296 e. The third-order valence-electron chi connectivity index (χ3n) is 2.41. The fraction of sp³-hybridized carbons (Fsp3) is 0.444. The second-order valence-electron chi connectivity index (χ2n) is 3.26. The van der Waals surface area contributed by atoms with Crippen LogP contribution >= 0.6 is 15.9 Å². The van der Waals surface area contributed by atoms with Crippen LogP contribution in [0.25, 0.3) is 0 Å². The minimum atomic E-state index is 0.0973. The van der Waals surface area contributed by atoms with E-state index in [1.807, 2.05) is 12.2 Å². The van der Waals surface area contributed by atoms with Crippen molar-refractivity contribution in [2.45, 2.75) is 18.9 Å². The molecule has 2 nitrogen and oxygen atoms in total. The van der Waals surface area contributed by atoms with E-state index in [0.29, 0.717) is 5.78 Å². The molecule has 2 atom stereocenters. The van der Waals surface area contributed by atoms with Gasteiger partial charge in [0.15, 0.2) is 11.8 Å². The average Bonchev–Trinajstić information content (AvgIpc) is 2.04. The molecule has 1 unspecified atom stereocenters. The number of hydrogen-bond acceptors (Lipinski definition) is 1. The Hall–Kier alpha value is -0.410. The largest absolute Gasteiger partial charge is 0.296 e. The number of hydrogen-bond donors (Lipinski definition) is 1. The first-order valence-corrected chi connectivity index (χ1v) is 5.00. The van der Waals surface area contributed by atoms with Gasteiger partial charge < -0.3 is 0 Å². The van der Waals surface area contributed by atoms with Crippen LogP contribution in [0.1, 0.15) is 12.8 Å². The Morgan fingerprint density at radius 1 is 1.58 bits per heavy atom. The van der Waals surface area contributed by atoms with Crippen molar-refractivity contribution in [3.63, 3.8) is 0 Å². The van der Waals surface area contributed by atoms with Crippen molar-refractivity contribution in [3.05, 3.63) is 22.8 Å². The lowest BCUT2D eigenvalue weighted by Gasteiger charge is -2.28. The number of allylic oxidation sites excluding steroid dienone is 2. The molecule has 0 aromatic rings. The summed E-state index contributed by atoms with van der Waals surface area (Å²) in [6, 6.07) is 0.0973. The first-order valence-electron chi connectivity index (χ1n) is 4.21. The van der Waals surface area contributed by atoms with E-state index in [0.717, 1.165) is 23.9 Å². The summed E-state index contributed by atoms with van der Waals surface area (Å²) in [5, 5.41) is 0. The van der Waals surface area contributed by atoms with Crippen molar-refractivity contribution in [1.82, 2.24) is 0 Å². The summed E-state index contributed by atoms with van der Waals surface area (Å²) in [6.45, 7) is 1.08. The van der Waals surface area contributed by atoms with Gasteiger partial charge in [-0.05, 0) is 28.1 Å². The van der Waals surface area contributed by atoms with Crippen molar-refractivity contribution in [1.29, 1.82) is 0 Å². The molecule has 0 radical (unpaired) electrons. The minimum absolute atomic E-state index is 0.0973. The number of piperidine rings is 1. The Bertz CT molecular complexity index is 270. The van der Waals surface area contributed by atoms with Gasteiger partial charge in [-0.25, -0.2) is 0 Å². The van der Waals surface area contributed by atoms with E-state index in [-0.39, 0.29) is 6.04 Å². The predicted molar refractivity (Wildman–Crippen MR) is 50.0 cm³/mol. The van der Waals surface area contributed by atoms with Crippen LogP contribution in [0.15, 0.2) is 22.8 Å². The topological polar surface area (TPSA) is 21.5 Å². The zero-order chi connectivity index (χ0) is 8.55. The van der Waals surface area contributed by atoms with Gasteiger partial charge in [0, 0.05) is 12.8 Å². The van der Waals surface area contributed by atoms with E-state index >= 15 is 0 Å². The molecule has 1 fully saturated rings. The molecule has 2 heterocycles. The Morgan fingerprint density at radius 2 is 2.42 bits per heavy atom. The van der Waals surface area contributed by atoms with Gasteiger partial charge >= 0.3 is 0 Å². The lowest BCUT2D eigenvalue weighted by Crippen LogP contribution is -3.14. The Labute approximate surface area is 80.1 Å². The maximum absolute atomic E-state index is 11.4. The van der Waals surface area contributed by atoms with Gasteiger partial charge in [0.25, 0.3) is 0 Å². The summed E-state index contributed by atoms with van der Waals surface area (Å²) >= 11 is 3.41. The molecule has 0 saturated carbocycles. The molecule has 64 valence electrons. The predicted octanol–water partition coefficient (Wildman–Crippen LogP) is 0.409. The fourth-order valence-corrected chi connectivity index (χ4v) is 2.24. The first-order chi connectivity index (χ1) is 5.77. The number of ketones is 1. The molecule has 0 bridgehead atoms.